The Balaban J connectivity index is 1.55. The third-order valence-corrected chi connectivity index (χ3v) is 4.70. The van der Waals surface area contributed by atoms with Gasteiger partial charge in [-0.3, -0.25) is 14.7 Å². The summed E-state index contributed by atoms with van der Waals surface area (Å²) in [5.74, 6) is -0.214. The van der Waals surface area contributed by atoms with Crippen LogP contribution in [0.15, 0.2) is 36.7 Å². The molecule has 2 N–H and O–H groups in total. The van der Waals surface area contributed by atoms with E-state index in [-0.39, 0.29) is 5.91 Å². The van der Waals surface area contributed by atoms with E-state index in [1.54, 1.807) is 24.5 Å². The largest absolute Gasteiger partial charge is 0.382 e. The summed E-state index contributed by atoms with van der Waals surface area (Å²) in [6.07, 6.45) is 3.27. The van der Waals surface area contributed by atoms with Gasteiger partial charge in [-0.2, -0.15) is 0 Å². The van der Waals surface area contributed by atoms with Crippen molar-refractivity contribution < 1.29 is 9.53 Å². The van der Waals surface area contributed by atoms with E-state index in [9.17, 15) is 4.79 Å². The molecule has 1 saturated heterocycles. The second-order valence-corrected chi connectivity index (χ2v) is 6.67. The number of nitrogens with one attached hydrogen (secondary N) is 2. The molecule has 1 fully saturated rings. The van der Waals surface area contributed by atoms with Crippen molar-refractivity contribution in [1.82, 2.24) is 9.88 Å². The van der Waals surface area contributed by atoms with Crippen LogP contribution >= 0.6 is 11.6 Å². The fourth-order valence-corrected chi connectivity index (χ4v) is 2.90. The predicted molar refractivity (Wildman–Crippen MR) is 104 cm³/mol. The first-order valence-corrected chi connectivity index (χ1v) is 9.06. The molecule has 0 bridgehead atoms. The molecule has 0 unspecified atom stereocenters. The number of aromatic nitrogens is 1. The molecule has 0 aliphatic carbocycles. The van der Waals surface area contributed by atoms with E-state index in [1.165, 1.54) is 0 Å². The van der Waals surface area contributed by atoms with E-state index in [2.05, 4.69) is 20.5 Å². The molecule has 1 amide bonds. The zero-order valence-electron chi connectivity index (χ0n) is 14.8. The molecule has 1 aliphatic heterocycles. The Morgan fingerprint density at radius 2 is 2.04 bits per heavy atom. The van der Waals surface area contributed by atoms with E-state index in [0.717, 1.165) is 50.6 Å². The van der Waals surface area contributed by atoms with Crippen molar-refractivity contribution in [1.29, 1.82) is 0 Å². The summed E-state index contributed by atoms with van der Waals surface area (Å²) in [6, 6.07) is 7.25. The van der Waals surface area contributed by atoms with Crippen LogP contribution in [0.2, 0.25) is 5.02 Å². The van der Waals surface area contributed by atoms with Gasteiger partial charge in [0.05, 0.1) is 24.5 Å². The second kappa shape index (κ2) is 8.98. The average Bonchev–Trinajstić information content (AvgIpc) is 2.66. The number of benzene rings is 1. The Hall–Kier alpha value is -2.15. The zero-order valence-corrected chi connectivity index (χ0v) is 15.6. The Labute approximate surface area is 158 Å². The Bertz CT molecular complexity index is 763. The first-order chi connectivity index (χ1) is 12.6. The van der Waals surface area contributed by atoms with Gasteiger partial charge in [-0.25, -0.2) is 0 Å². The molecule has 3 rings (SSSR count). The summed E-state index contributed by atoms with van der Waals surface area (Å²) < 4.78 is 5.34. The van der Waals surface area contributed by atoms with Crippen molar-refractivity contribution >= 4 is 28.9 Å². The number of hydrogen-bond acceptors (Lipinski definition) is 5. The average molecular weight is 375 g/mol. The standard InChI is InChI=1S/C19H23ClN4O2/c1-14-2-3-16(11-18(14)20)23-19(25)15-10-17(13-21-12-15)22-4-5-24-6-8-26-9-7-24/h2-3,10-13,22H,4-9H2,1H3,(H,23,25). The fourth-order valence-electron chi connectivity index (χ4n) is 2.72. The number of morpholine rings is 1. The van der Waals surface area contributed by atoms with Gasteiger partial charge in [-0.15, -0.1) is 0 Å². The molecular weight excluding hydrogens is 352 g/mol. The molecule has 0 atom stereocenters. The molecule has 7 heteroatoms. The lowest BCUT2D eigenvalue weighted by Crippen LogP contribution is -2.39. The van der Waals surface area contributed by atoms with E-state index in [0.29, 0.717) is 16.3 Å². The highest BCUT2D eigenvalue weighted by Gasteiger charge is 2.11. The van der Waals surface area contributed by atoms with Gasteiger partial charge in [0.2, 0.25) is 0 Å². The lowest BCUT2D eigenvalue weighted by Gasteiger charge is -2.26. The number of carbonyl (C=O) groups is 1. The van der Waals surface area contributed by atoms with Gasteiger partial charge in [0, 0.05) is 49.3 Å². The molecule has 138 valence electrons. The van der Waals surface area contributed by atoms with Crippen LogP contribution in [-0.4, -0.2) is 55.2 Å². The third-order valence-electron chi connectivity index (χ3n) is 4.29. The van der Waals surface area contributed by atoms with E-state index in [4.69, 9.17) is 16.3 Å². The molecule has 2 aromatic rings. The number of pyridine rings is 1. The van der Waals surface area contributed by atoms with Gasteiger partial charge in [0.25, 0.3) is 5.91 Å². The van der Waals surface area contributed by atoms with Crippen LogP contribution in [0.1, 0.15) is 15.9 Å². The smallest absolute Gasteiger partial charge is 0.257 e. The van der Waals surface area contributed by atoms with Crippen molar-refractivity contribution in [2.75, 3.05) is 50.0 Å². The first kappa shape index (κ1) is 18.6. The van der Waals surface area contributed by atoms with Crippen molar-refractivity contribution in [3.8, 4) is 0 Å². The van der Waals surface area contributed by atoms with Crippen molar-refractivity contribution in [3.05, 3.63) is 52.8 Å². The minimum Gasteiger partial charge on any atom is -0.382 e. The van der Waals surface area contributed by atoms with Crippen LogP contribution in [-0.2, 0) is 4.74 Å². The summed E-state index contributed by atoms with van der Waals surface area (Å²) in [4.78, 5) is 18.9. The summed E-state index contributed by atoms with van der Waals surface area (Å²) >= 11 is 6.10. The fraction of sp³-hybridized carbons (Fsp3) is 0.368. The highest BCUT2D eigenvalue weighted by molar-refractivity contribution is 6.31. The van der Waals surface area contributed by atoms with E-state index < -0.39 is 0 Å². The van der Waals surface area contributed by atoms with Gasteiger partial charge >= 0.3 is 0 Å². The maximum Gasteiger partial charge on any atom is 0.257 e. The predicted octanol–water partition coefficient (Wildman–Crippen LogP) is 3.04. The third kappa shape index (κ3) is 5.17. The van der Waals surface area contributed by atoms with Crippen molar-refractivity contribution in [3.63, 3.8) is 0 Å². The quantitative estimate of drug-likeness (QED) is 0.813. The number of ether oxygens (including phenoxy) is 1. The van der Waals surface area contributed by atoms with Gasteiger partial charge in [-0.1, -0.05) is 17.7 Å². The molecule has 1 aromatic carbocycles. The minimum atomic E-state index is -0.214. The van der Waals surface area contributed by atoms with Gasteiger partial charge in [0.1, 0.15) is 0 Å². The molecule has 2 heterocycles. The molecule has 0 radical (unpaired) electrons. The SMILES string of the molecule is Cc1ccc(NC(=O)c2cncc(NCCN3CCOCC3)c2)cc1Cl. The summed E-state index contributed by atoms with van der Waals surface area (Å²) in [7, 11) is 0. The minimum absolute atomic E-state index is 0.214. The van der Waals surface area contributed by atoms with E-state index in [1.807, 2.05) is 19.1 Å². The van der Waals surface area contributed by atoms with Crippen LogP contribution < -0.4 is 10.6 Å². The number of carbonyl (C=O) groups excluding carboxylic acids is 1. The normalized spacial score (nSPS) is 14.8. The summed E-state index contributed by atoms with van der Waals surface area (Å²) in [5.41, 5.74) is 2.96. The summed E-state index contributed by atoms with van der Waals surface area (Å²) in [6.45, 7) is 7.15. The number of amides is 1. The highest BCUT2D eigenvalue weighted by atomic mass is 35.5. The molecule has 26 heavy (non-hydrogen) atoms. The number of halogens is 1. The second-order valence-electron chi connectivity index (χ2n) is 6.26. The molecule has 0 saturated carbocycles. The molecule has 1 aromatic heterocycles. The van der Waals surface area contributed by atoms with Crippen LogP contribution in [0.3, 0.4) is 0 Å². The van der Waals surface area contributed by atoms with Crippen molar-refractivity contribution in [2.24, 2.45) is 0 Å². The van der Waals surface area contributed by atoms with Crippen LogP contribution in [0, 0.1) is 6.92 Å². The number of anilines is 2. The van der Waals surface area contributed by atoms with Gasteiger partial charge in [0.15, 0.2) is 0 Å². The van der Waals surface area contributed by atoms with Gasteiger partial charge in [-0.05, 0) is 30.7 Å². The molecular formula is C19H23ClN4O2. The monoisotopic (exact) mass is 374 g/mol. The van der Waals surface area contributed by atoms with Crippen molar-refractivity contribution in [2.45, 2.75) is 6.92 Å². The maximum absolute atomic E-state index is 12.4. The van der Waals surface area contributed by atoms with Gasteiger partial charge < -0.3 is 15.4 Å². The van der Waals surface area contributed by atoms with Crippen LogP contribution in [0.5, 0.6) is 0 Å². The topological polar surface area (TPSA) is 66.5 Å². The Kier molecular flexibility index (Phi) is 6.44. The number of rotatable bonds is 6. The Morgan fingerprint density at radius 1 is 1.23 bits per heavy atom. The lowest BCUT2D eigenvalue weighted by atomic mass is 10.2. The highest BCUT2D eigenvalue weighted by Crippen LogP contribution is 2.20. The van der Waals surface area contributed by atoms with Crippen LogP contribution in [0.4, 0.5) is 11.4 Å². The summed E-state index contributed by atoms with van der Waals surface area (Å²) in [5, 5.41) is 6.79. The van der Waals surface area contributed by atoms with Crippen LogP contribution in [0.25, 0.3) is 0 Å². The molecule has 1 aliphatic rings. The number of hydrogen-bond donors (Lipinski definition) is 2. The maximum atomic E-state index is 12.4. The Morgan fingerprint density at radius 3 is 2.81 bits per heavy atom. The molecule has 0 spiro atoms. The van der Waals surface area contributed by atoms with E-state index >= 15 is 0 Å². The lowest BCUT2D eigenvalue weighted by molar-refractivity contribution is 0.0398. The number of nitrogens with zero attached hydrogens (tertiary/aromatic N) is 2. The first-order valence-electron chi connectivity index (χ1n) is 8.68. The zero-order chi connectivity index (χ0) is 18.4. The number of aryl methyl sites for hydroxylation is 1. The molecule has 6 nitrogen and oxygen atoms in total.